The van der Waals surface area contributed by atoms with Gasteiger partial charge in [-0.15, -0.1) is 0 Å². The van der Waals surface area contributed by atoms with Crippen LogP contribution in [0.5, 0.6) is 5.75 Å². The molecular formula is C23H30F3N3O3. The van der Waals surface area contributed by atoms with E-state index < -0.39 is 17.7 Å². The third-order valence-corrected chi connectivity index (χ3v) is 4.86. The molecule has 0 spiro atoms. The molecular weight excluding hydrogens is 423 g/mol. The summed E-state index contributed by atoms with van der Waals surface area (Å²) in [6.45, 7) is 2.43. The number of hydrogen-bond donors (Lipinski definition) is 2. The highest BCUT2D eigenvalue weighted by atomic mass is 19.4. The van der Waals surface area contributed by atoms with Gasteiger partial charge in [-0.05, 0) is 63.3 Å². The van der Waals surface area contributed by atoms with Crippen molar-refractivity contribution >= 4 is 11.7 Å². The van der Waals surface area contributed by atoms with Crippen LogP contribution in [-0.2, 0) is 22.1 Å². The van der Waals surface area contributed by atoms with Crippen LogP contribution < -0.4 is 15.4 Å². The maximum absolute atomic E-state index is 13.0. The van der Waals surface area contributed by atoms with E-state index in [2.05, 4.69) is 15.4 Å². The van der Waals surface area contributed by atoms with Crippen LogP contribution in [0, 0.1) is 0 Å². The summed E-state index contributed by atoms with van der Waals surface area (Å²) in [6.07, 6.45) is -3.83. The van der Waals surface area contributed by atoms with E-state index in [0.29, 0.717) is 18.0 Å². The van der Waals surface area contributed by atoms with Crippen LogP contribution in [0.25, 0.3) is 0 Å². The third kappa shape index (κ3) is 8.39. The fourth-order valence-electron chi connectivity index (χ4n) is 3.00. The molecule has 2 unspecified atom stereocenters. The number of hydrogen-bond acceptors (Lipinski definition) is 6. The fraction of sp³-hybridized carbons (Fsp3) is 0.435. The summed E-state index contributed by atoms with van der Waals surface area (Å²) in [5, 5.41) is 6.58. The number of anilines is 1. The summed E-state index contributed by atoms with van der Waals surface area (Å²) in [5.41, 5.74) is 0.818. The average Bonchev–Trinajstić information content (AvgIpc) is 2.75. The van der Waals surface area contributed by atoms with Gasteiger partial charge in [-0.1, -0.05) is 18.2 Å². The Kier molecular flexibility index (Phi) is 9.34. The molecule has 32 heavy (non-hydrogen) atoms. The van der Waals surface area contributed by atoms with Crippen molar-refractivity contribution in [3.63, 3.8) is 0 Å². The van der Waals surface area contributed by atoms with Gasteiger partial charge in [0, 0.05) is 18.3 Å². The number of alkyl halides is 3. The van der Waals surface area contributed by atoms with Crippen LogP contribution in [0.4, 0.5) is 18.9 Å². The first-order valence-corrected chi connectivity index (χ1v) is 10.2. The Morgan fingerprint density at radius 1 is 1.12 bits per heavy atom. The van der Waals surface area contributed by atoms with E-state index in [1.54, 1.807) is 18.2 Å². The van der Waals surface area contributed by atoms with Gasteiger partial charge in [-0.3, -0.25) is 4.90 Å². The number of carbonyl (C=O) groups is 1. The highest BCUT2D eigenvalue weighted by molar-refractivity contribution is 5.70. The summed E-state index contributed by atoms with van der Waals surface area (Å²) in [5.74, 6) is 0.138. The van der Waals surface area contributed by atoms with Crippen LogP contribution >= 0.6 is 0 Å². The zero-order chi connectivity index (χ0) is 23.7. The fourth-order valence-corrected chi connectivity index (χ4v) is 3.00. The van der Waals surface area contributed by atoms with E-state index in [1.807, 2.05) is 38.1 Å². The highest BCUT2D eigenvalue weighted by Gasteiger charge is 2.30. The molecule has 0 bridgehead atoms. The molecule has 0 amide bonds. The summed E-state index contributed by atoms with van der Waals surface area (Å²) in [4.78, 5) is 13.0. The highest BCUT2D eigenvalue weighted by Crippen LogP contribution is 2.30. The van der Waals surface area contributed by atoms with Crippen LogP contribution in [-0.4, -0.2) is 57.4 Å². The number of benzene rings is 2. The smallest absolute Gasteiger partial charge is 0.416 e. The van der Waals surface area contributed by atoms with E-state index in [4.69, 9.17) is 4.74 Å². The quantitative estimate of drug-likeness (QED) is 0.399. The molecule has 0 aliphatic rings. The van der Waals surface area contributed by atoms with Crippen molar-refractivity contribution in [2.45, 2.75) is 31.7 Å². The zero-order valence-electron chi connectivity index (χ0n) is 18.7. The summed E-state index contributed by atoms with van der Waals surface area (Å²) in [6, 6.07) is 12.8. The molecule has 2 aromatic carbocycles. The van der Waals surface area contributed by atoms with Crippen LogP contribution in [0.3, 0.4) is 0 Å². The first-order valence-electron chi connectivity index (χ1n) is 10.2. The molecule has 0 aliphatic heterocycles. The third-order valence-electron chi connectivity index (χ3n) is 4.86. The Bertz CT molecular complexity index is 858. The first kappa shape index (κ1) is 25.5. The lowest BCUT2D eigenvalue weighted by molar-refractivity contribution is -0.143. The molecule has 2 rings (SSSR count). The number of nitrogens with zero attached hydrogens (tertiary/aromatic N) is 1. The van der Waals surface area contributed by atoms with Gasteiger partial charge >= 0.3 is 12.1 Å². The van der Waals surface area contributed by atoms with Crippen molar-refractivity contribution < 1.29 is 27.4 Å². The van der Waals surface area contributed by atoms with E-state index in [1.165, 1.54) is 13.2 Å². The maximum atomic E-state index is 13.0. The molecule has 0 fully saturated rings. The predicted octanol–water partition coefficient (Wildman–Crippen LogP) is 3.78. The summed E-state index contributed by atoms with van der Waals surface area (Å²) in [7, 11) is 5.04. The number of esters is 1. The molecule has 2 atom stereocenters. The SMILES string of the molecule is COC(=O)COc1ccc(CC(C)NCC(Nc2cccc(C(F)(F)F)c2)N(C)C)cc1. The molecule has 2 aromatic rings. The van der Waals surface area contributed by atoms with Gasteiger partial charge in [0.15, 0.2) is 6.61 Å². The van der Waals surface area contributed by atoms with Crippen LogP contribution in [0.1, 0.15) is 18.1 Å². The number of ether oxygens (including phenoxy) is 2. The maximum Gasteiger partial charge on any atom is 0.416 e. The Balaban J connectivity index is 1.88. The lowest BCUT2D eigenvalue weighted by Crippen LogP contribution is -2.46. The van der Waals surface area contributed by atoms with E-state index >= 15 is 0 Å². The second kappa shape index (κ2) is 11.7. The minimum absolute atomic E-state index is 0.127. The second-order valence-electron chi connectivity index (χ2n) is 7.72. The molecule has 0 saturated carbocycles. The minimum atomic E-state index is -4.38. The summed E-state index contributed by atoms with van der Waals surface area (Å²) < 4.78 is 48.8. The molecule has 176 valence electrons. The number of likely N-dealkylation sites (N-methyl/N-ethyl adjacent to an activating group) is 1. The van der Waals surface area contributed by atoms with Gasteiger partial charge in [0.25, 0.3) is 0 Å². The lowest BCUT2D eigenvalue weighted by atomic mass is 10.1. The van der Waals surface area contributed by atoms with Crippen molar-refractivity contribution in [1.82, 2.24) is 10.2 Å². The number of nitrogens with one attached hydrogen (secondary N) is 2. The van der Waals surface area contributed by atoms with Gasteiger partial charge < -0.3 is 20.1 Å². The lowest BCUT2D eigenvalue weighted by Gasteiger charge is -2.28. The van der Waals surface area contributed by atoms with Gasteiger partial charge in [0.2, 0.25) is 0 Å². The van der Waals surface area contributed by atoms with Gasteiger partial charge in [0.1, 0.15) is 5.75 Å². The molecule has 0 radical (unpaired) electrons. The standard InChI is InChI=1S/C23H30F3N3O3/c1-16(12-17-8-10-20(11-9-17)32-15-22(30)31-4)27-14-21(29(2)3)28-19-7-5-6-18(13-19)23(24,25)26/h5-11,13,16,21,27-28H,12,14-15H2,1-4H3. The summed E-state index contributed by atoms with van der Waals surface area (Å²) >= 11 is 0. The van der Waals surface area contributed by atoms with Crippen molar-refractivity contribution in [3.05, 3.63) is 59.7 Å². The minimum Gasteiger partial charge on any atom is -0.482 e. The van der Waals surface area contributed by atoms with Crippen molar-refractivity contribution in [3.8, 4) is 5.75 Å². The monoisotopic (exact) mass is 453 g/mol. The number of rotatable bonds is 11. The zero-order valence-corrected chi connectivity index (χ0v) is 18.7. The first-order chi connectivity index (χ1) is 15.1. The van der Waals surface area contributed by atoms with E-state index in [0.717, 1.165) is 24.1 Å². The van der Waals surface area contributed by atoms with Crippen molar-refractivity contribution in [2.24, 2.45) is 0 Å². The second-order valence-corrected chi connectivity index (χ2v) is 7.72. The normalized spacial score (nSPS) is 13.5. The topological polar surface area (TPSA) is 62.8 Å². The average molecular weight is 454 g/mol. The number of methoxy groups -OCH3 is 1. The van der Waals surface area contributed by atoms with Crippen molar-refractivity contribution in [2.75, 3.05) is 39.7 Å². The molecule has 6 nitrogen and oxygen atoms in total. The van der Waals surface area contributed by atoms with Crippen LogP contribution in [0.2, 0.25) is 0 Å². The largest absolute Gasteiger partial charge is 0.482 e. The molecule has 9 heteroatoms. The predicted molar refractivity (Wildman–Crippen MR) is 118 cm³/mol. The van der Waals surface area contributed by atoms with Gasteiger partial charge in [0.05, 0.1) is 18.8 Å². The molecule has 2 N–H and O–H groups in total. The number of halogens is 3. The van der Waals surface area contributed by atoms with E-state index in [9.17, 15) is 18.0 Å². The Morgan fingerprint density at radius 2 is 1.81 bits per heavy atom. The van der Waals surface area contributed by atoms with Crippen molar-refractivity contribution in [1.29, 1.82) is 0 Å². The Labute approximate surface area is 186 Å². The Hall–Kier alpha value is -2.78. The van der Waals surface area contributed by atoms with E-state index in [-0.39, 0.29) is 18.8 Å². The molecule has 0 heterocycles. The van der Waals surface area contributed by atoms with Gasteiger partial charge in [-0.25, -0.2) is 4.79 Å². The number of carbonyl (C=O) groups excluding carboxylic acids is 1. The van der Waals surface area contributed by atoms with Gasteiger partial charge in [-0.2, -0.15) is 13.2 Å². The molecule has 0 aromatic heterocycles. The molecule has 0 saturated heterocycles. The molecule has 0 aliphatic carbocycles. The Morgan fingerprint density at radius 3 is 2.41 bits per heavy atom. The van der Waals surface area contributed by atoms with Crippen LogP contribution in [0.15, 0.2) is 48.5 Å².